The van der Waals surface area contributed by atoms with E-state index in [0.717, 1.165) is 23.7 Å². The molecule has 0 aromatic rings. The van der Waals surface area contributed by atoms with Crippen LogP contribution in [0.5, 0.6) is 0 Å². The molecule has 0 aromatic heterocycles. The second-order valence-corrected chi connectivity index (χ2v) is 6.26. The molecule has 96 valence electrons. The highest BCUT2D eigenvalue weighted by Gasteiger charge is 2.36. The normalized spacial score (nSPS) is 34.3. The van der Waals surface area contributed by atoms with Crippen molar-refractivity contribution in [3.63, 3.8) is 0 Å². The summed E-state index contributed by atoms with van der Waals surface area (Å²) in [5.74, 6) is 3.67. The third-order valence-corrected chi connectivity index (χ3v) is 4.77. The molecule has 0 aromatic carbocycles. The van der Waals surface area contributed by atoms with Gasteiger partial charge in [0.25, 0.3) is 0 Å². The molecule has 1 aliphatic rings. The van der Waals surface area contributed by atoms with Gasteiger partial charge < -0.3 is 5.32 Å². The van der Waals surface area contributed by atoms with Crippen molar-refractivity contribution in [2.45, 2.75) is 72.9 Å². The van der Waals surface area contributed by atoms with Crippen LogP contribution < -0.4 is 5.32 Å². The van der Waals surface area contributed by atoms with Gasteiger partial charge in [0.1, 0.15) is 0 Å². The Morgan fingerprint density at radius 2 is 1.75 bits per heavy atom. The third-order valence-electron chi connectivity index (χ3n) is 4.77. The molecule has 1 nitrogen and oxygen atoms in total. The lowest BCUT2D eigenvalue weighted by Crippen LogP contribution is -2.40. The zero-order chi connectivity index (χ0) is 12.3. The summed E-state index contributed by atoms with van der Waals surface area (Å²) in [5.41, 5.74) is 0. The molecule has 0 radical (unpaired) electrons. The van der Waals surface area contributed by atoms with Gasteiger partial charge in [-0.15, -0.1) is 0 Å². The van der Waals surface area contributed by atoms with Crippen LogP contribution in [0, 0.1) is 23.7 Å². The zero-order valence-electron chi connectivity index (χ0n) is 12.1. The summed E-state index contributed by atoms with van der Waals surface area (Å²) >= 11 is 0. The van der Waals surface area contributed by atoms with E-state index < -0.39 is 0 Å². The Morgan fingerprint density at radius 3 is 2.25 bits per heavy atom. The molecular formula is C15H31N. The molecule has 1 rings (SSSR count). The lowest BCUT2D eigenvalue weighted by Gasteiger charge is -2.32. The van der Waals surface area contributed by atoms with E-state index >= 15 is 0 Å². The number of nitrogens with one attached hydrogen (secondary N) is 1. The van der Waals surface area contributed by atoms with Gasteiger partial charge in [-0.1, -0.05) is 47.5 Å². The minimum atomic E-state index is 0.608. The number of rotatable bonds is 5. The fourth-order valence-corrected chi connectivity index (χ4v) is 3.71. The highest BCUT2D eigenvalue weighted by molar-refractivity contribution is 4.88. The van der Waals surface area contributed by atoms with Crippen LogP contribution in [0.4, 0.5) is 0 Å². The fraction of sp³-hybridized carbons (Fsp3) is 1.00. The van der Waals surface area contributed by atoms with E-state index in [-0.39, 0.29) is 0 Å². The van der Waals surface area contributed by atoms with E-state index in [4.69, 9.17) is 0 Å². The first-order chi connectivity index (χ1) is 7.47. The van der Waals surface area contributed by atoms with Crippen molar-refractivity contribution in [2.75, 3.05) is 0 Å². The first kappa shape index (κ1) is 14.0. The summed E-state index contributed by atoms with van der Waals surface area (Å²) < 4.78 is 0. The van der Waals surface area contributed by atoms with E-state index in [1.54, 1.807) is 0 Å². The van der Waals surface area contributed by atoms with Crippen molar-refractivity contribution in [2.24, 2.45) is 23.7 Å². The molecule has 0 bridgehead atoms. The summed E-state index contributed by atoms with van der Waals surface area (Å²) in [6, 6.07) is 1.26. The maximum absolute atomic E-state index is 3.68. The maximum atomic E-state index is 3.68. The van der Waals surface area contributed by atoms with Crippen LogP contribution in [0.15, 0.2) is 0 Å². The Morgan fingerprint density at radius 1 is 1.12 bits per heavy atom. The lowest BCUT2D eigenvalue weighted by molar-refractivity contribution is 0.198. The summed E-state index contributed by atoms with van der Waals surface area (Å²) in [6.07, 6.45) is 4.26. The smallest absolute Gasteiger partial charge is 0.00694 e. The summed E-state index contributed by atoms with van der Waals surface area (Å²) in [5, 5.41) is 3.68. The van der Waals surface area contributed by atoms with Gasteiger partial charge in [0.2, 0.25) is 0 Å². The molecule has 1 aliphatic carbocycles. The molecule has 1 N–H and O–H groups in total. The van der Waals surface area contributed by atoms with E-state index in [2.05, 4.69) is 46.9 Å². The summed E-state index contributed by atoms with van der Waals surface area (Å²) in [6.45, 7) is 14.1. The van der Waals surface area contributed by atoms with Crippen LogP contribution >= 0.6 is 0 Å². The van der Waals surface area contributed by atoms with Gasteiger partial charge >= 0.3 is 0 Å². The van der Waals surface area contributed by atoms with Crippen molar-refractivity contribution in [1.82, 2.24) is 5.32 Å². The van der Waals surface area contributed by atoms with Crippen molar-refractivity contribution in [3.05, 3.63) is 0 Å². The molecule has 0 spiro atoms. The Hall–Kier alpha value is -0.0400. The average molecular weight is 225 g/mol. The standard InChI is InChI=1S/C15H31N/c1-7-14-11(4)8-9-15(14)12(5)13(6)16-10(2)3/h10-16H,7-9H2,1-6H3. The minimum Gasteiger partial charge on any atom is -0.312 e. The molecular weight excluding hydrogens is 194 g/mol. The van der Waals surface area contributed by atoms with Crippen LogP contribution in [0.1, 0.15) is 60.8 Å². The lowest BCUT2D eigenvalue weighted by atomic mass is 9.78. The molecule has 16 heavy (non-hydrogen) atoms. The quantitative estimate of drug-likeness (QED) is 0.743. The Labute approximate surface area is 102 Å². The summed E-state index contributed by atoms with van der Waals surface area (Å²) in [4.78, 5) is 0. The highest BCUT2D eigenvalue weighted by atomic mass is 14.9. The van der Waals surface area contributed by atoms with Gasteiger partial charge in [-0.05, 0) is 37.0 Å². The Bertz CT molecular complexity index is 200. The molecule has 1 saturated carbocycles. The molecule has 1 fully saturated rings. The SMILES string of the molecule is CCC1C(C)CCC1C(C)C(C)NC(C)C. The monoisotopic (exact) mass is 225 g/mol. The van der Waals surface area contributed by atoms with Crippen LogP contribution in [0.3, 0.4) is 0 Å². The maximum Gasteiger partial charge on any atom is 0.00694 e. The highest BCUT2D eigenvalue weighted by Crippen LogP contribution is 2.43. The van der Waals surface area contributed by atoms with Crippen LogP contribution in [-0.2, 0) is 0 Å². The second kappa shape index (κ2) is 6.05. The van der Waals surface area contributed by atoms with Gasteiger partial charge in [0.15, 0.2) is 0 Å². The summed E-state index contributed by atoms with van der Waals surface area (Å²) in [7, 11) is 0. The molecule has 5 atom stereocenters. The van der Waals surface area contributed by atoms with E-state index in [1.807, 2.05) is 0 Å². The molecule has 0 saturated heterocycles. The van der Waals surface area contributed by atoms with Crippen LogP contribution in [0.25, 0.3) is 0 Å². The molecule has 1 heteroatoms. The minimum absolute atomic E-state index is 0.608. The van der Waals surface area contributed by atoms with Crippen LogP contribution in [0.2, 0.25) is 0 Å². The van der Waals surface area contributed by atoms with Crippen molar-refractivity contribution in [3.8, 4) is 0 Å². The molecule has 0 heterocycles. The van der Waals surface area contributed by atoms with Crippen molar-refractivity contribution >= 4 is 0 Å². The second-order valence-electron chi connectivity index (χ2n) is 6.26. The topological polar surface area (TPSA) is 12.0 Å². The number of hydrogen-bond acceptors (Lipinski definition) is 1. The van der Waals surface area contributed by atoms with Gasteiger partial charge in [-0.2, -0.15) is 0 Å². The largest absolute Gasteiger partial charge is 0.312 e. The van der Waals surface area contributed by atoms with E-state index in [0.29, 0.717) is 12.1 Å². The van der Waals surface area contributed by atoms with Gasteiger partial charge in [0.05, 0.1) is 0 Å². The van der Waals surface area contributed by atoms with Crippen molar-refractivity contribution in [1.29, 1.82) is 0 Å². The van der Waals surface area contributed by atoms with Gasteiger partial charge in [0, 0.05) is 12.1 Å². The Kier molecular flexibility index (Phi) is 5.30. The van der Waals surface area contributed by atoms with Gasteiger partial charge in [-0.25, -0.2) is 0 Å². The molecule has 5 unspecified atom stereocenters. The van der Waals surface area contributed by atoms with Crippen molar-refractivity contribution < 1.29 is 0 Å². The first-order valence-corrected chi connectivity index (χ1v) is 7.23. The molecule has 0 aliphatic heterocycles. The molecule has 0 amide bonds. The fourth-order valence-electron chi connectivity index (χ4n) is 3.71. The number of hydrogen-bond donors (Lipinski definition) is 1. The van der Waals surface area contributed by atoms with E-state index in [9.17, 15) is 0 Å². The average Bonchev–Trinajstić information content (AvgIpc) is 2.57. The zero-order valence-corrected chi connectivity index (χ0v) is 12.1. The van der Waals surface area contributed by atoms with Gasteiger partial charge in [-0.3, -0.25) is 0 Å². The Balaban J connectivity index is 2.55. The predicted molar refractivity (Wildman–Crippen MR) is 72.6 cm³/mol. The third kappa shape index (κ3) is 3.23. The van der Waals surface area contributed by atoms with E-state index in [1.165, 1.54) is 19.3 Å². The van der Waals surface area contributed by atoms with Crippen LogP contribution in [-0.4, -0.2) is 12.1 Å². The first-order valence-electron chi connectivity index (χ1n) is 7.23. The predicted octanol–water partition coefficient (Wildman–Crippen LogP) is 4.08.